The number of methoxy groups -OCH3 is 1. The van der Waals surface area contributed by atoms with Gasteiger partial charge in [0.15, 0.2) is 9.74 Å². The van der Waals surface area contributed by atoms with Crippen LogP contribution in [0.15, 0.2) is 22.7 Å². The third-order valence-corrected chi connectivity index (χ3v) is 8.29. The van der Waals surface area contributed by atoms with E-state index in [1.54, 1.807) is 26.0 Å². The number of thioether (sulfide) groups is 1. The van der Waals surface area contributed by atoms with Gasteiger partial charge in [-0.2, -0.15) is 5.26 Å². The maximum absolute atomic E-state index is 13.3. The summed E-state index contributed by atoms with van der Waals surface area (Å²) < 4.78 is 6.13. The van der Waals surface area contributed by atoms with E-state index in [1.165, 1.54) is 16.7 Å². The van der Waals surface area contributed by atoms with Crippen molar-refractivity contribution in [1.82, 2.24) is 9.80 Å². The summed E-state index contributed by atoms with van der Waals surface area (Å²) in [6.45, 7) is 3.61. The number of halogens is 1. The minimum atomic E-state index is -1.02. The van der Waals surface area contributed by atoms with Crippen LogP contribution in [0.2, 0.25) is 0 Å². The summed E-state index contributed by atoms with van der Waals surface area (Å²) in [5, 5.41) is 9.99. The molecule has 3 fully saturated rings. The second kappa shape index (κ2) is 5.17. The molecule has 3 aliphatic rings. The second-order valence-corrected chi connectivity index (χ2v) is 9.93. The van der Waals surface area contributed by atoms with Crippen LogP contribution >= 0.6 is 27.7 Å². The van der Waals surface area contributed by atoms with E-state index in [1.807, 2.05) is 25.1 Å². The van der Waals surface area contributed by atoms with E-state index < -0.39 is 21.2 Å². The number of ether oxygens (including phenoxy) is 1. The quantitative estimate of drug-likeness (QED) is 0.713. The molecule has 0 aliphatic carbocycles. The molecule has 0 radical (unpaired) electrons. The van der Waals surface area contributed by atoms with Gasteiger partial charge in [-0.1, -0.05) is 27.7 Å². The van der Waals surface area contributed by atoms with Crippen molar-refractivity contribution in [3.05, 3.63) is 28.2 Å². The third-order valence-electron chi connectivity index (χ3n) is 5.87. The van der Waals surface area contributed by atoms with Crippen LogP contribution in [0.3, 0.4) is 0 Å². The lowest BCUT2D eigenvalue weighted by Crippen LogP contribution is -2.60. The lowest BCUT2D eigenvalue weighted by molar-refractivity contribution is -0.159. The average molecular weight is 436 g/mol. The standard InChI is InChI=1S/C18H18BrN3O3S/c1-16(9-20)8-18-15(24)21(3)17(2,26-18)14(23)22(18)13(16)11-7-10(25-4)5-6-12(11)19/h5-7,13H,8H2,1-4H3/t13-,16+,17?,18?/m0/s1. The second-order valence-electron chi connectivity index (χ2n) is 7.40. The number of likely N-dealkylation sites (N-methyl/N-ethyl adjacent to an activating group) is 1. The highest BCUT2D eigenvalue weighted by molar-refractivity contribution is 9.10. The Kier molecular flexibility index (Phi) is 3.52. The Hall–Kier alpha value is -1.72. The number of nitriles is 1. The van der Waals surface area contributed by atoms with Gasteiger partial charge in [0.2, 0.25) is 0 Å². The summed E-state index contributed by atoms with van der Waals surface area (Å²) in [6, 6.07) is 7.35. The highest BCUT2D eigenvalue weighted by atomic mass is 79.9. The molecule has 0 saturated carbocycles. The molecular formula is C18H18BrN3O3S. The normalized spacial score (nSPS) is 37.9. The molecule has 136 valence electrons. The molecule has 2 bridgehead atoms. The molecule has 26 heavy (non-hydrogen) atoms. The summed E-state index contributed by atoms with van der Waals surface area (Å²) in [6.07, 6.45) is 0.306. The number of rotatable bonds is 2. The van der Waals surface area contributed by atoms with E-state index in [2.05, 4.69) is 22.0 Å². The van der Waals surface area contributed by atoms with Crippen molar-refractivity contribution in [2.45, 2.75) is 36.1 Å². The van der Waals surface area contributed by atoms with Crippen molar-refractivity contribution in [3.63, 3.8) is 0 Å². The van der Waals surface area contributed by atoms with E-state index in [0.29, 0.717) is 12.2 Å². The first kappa shape index (κ1) is 17.7. The van der Waals surface area contributed by atoms with Crippen LogP contribution in [0, 0.1) is 16.7 Å². The first-order valence-corrected chi connectivity index (χ1v) is 9.82. The van der Waals surface area contributed by atoms with Crippen LogP contribution in [0.5, 0.6) is 5.75 Å². The molecular weight excluding hydrogens is 418 g/mol. The lowest BCUT2D eigenvalue weighted by atomic mass is 9.79. The van der Waals surface area contributed by atoms with Crippen molar-refractivity contribution in [3.8, 4) is 11.8 Å². The predicted molar refractivity (Wildman–Crippen MR) is 100 cm³/mol. The van der Waals surface area contributed by atoms with Gasteiger partial charge in [-0.25, -0.2) is 0 Å². The van der Waals surface area contributed by atoms with Crippen LogP contribution in [-0.4, -0.2) is 45.5 Å². The number of hydrogen-bond acceptors (Lipinski definition) is 5. The summed E-state index contributed by atoms with van der Waals surface area (Å²) in [5.74, 6) is 0.416. The number of amides is 2. The largest absolute Gasteiger partial charge is 0.497 e. The molecule has 4 atom stereocenters. The zero-order valence-electron chi connectivity index (χ0n) is 14.9. The molecule has 3 saturated heterocycles. The fourth-order valence-corrected chi connectivity index (χ4v) is 6.88. The van der Waals surface area contributed by atoms with Crippen LogP contribution in [0.25, 0.3) is 0 Å². The fourth-order valence-electron chi connectivity index (χ4n) is 4.47. The summed E-state index contributed by atoms with van der Waals surface area (Å²) in [7, 11) is 3.24. The Balaban J connectivity index is 1.95. The SMILES string of the molecule is COc1ccc(Br)c([C@@H]2N3C(=O)C4(C)SC3(C[C@]2(C)C#N)C(=O)N4C)c1. The molecule has 0 N–H and O–H groups in total. The molecule has 4 rings (SSSR count). The average Bonchev–Trinajstić information content (AvgIpc) is 3.08. The van der Waals surface area contributed by atoms with Gasteiger partial charge < -0.3 is 14.5 Å². The van der Waals surface area contributed by atoms with Crippen molar-refractivity contribution in [2.75, 3.05) is 14.2 Å². The number of piperazine rings is 1. The molecule has 3 aliphatic heterocycles. The van der Waals surface area contributed by atoms with Crippen molar-refractivity contribution >= 4 is 39.5 Å². The van der Waals surface area contributed by atoms with Gasteiger partial charge in [0.25, 0.3) is 11.8 Å². The first-order chi connectivity index (χ1) is 12.1. The predicted octanol–water partition coefficient (Wildman–Crippen LogP) is 2.89. The van der Waals surface area contributed by atoms with E-state index in [9.17, 15) is 14.9 Å². The van der Waals surface area contributed by atoms with Crippen LogP contribution in [0.1, 0.15) is 31.9 Å². The first-order valence-electron chi connectivity index (χ1n) is 8.21. The van der Waals surface area contributed by atoms with Gasteiger partial charge in [-0.15, -0.1) is 0 Å². The van der Waals surface area contributed by atoms with Crippen molar-refractivity contribution in [2.24, 2.45) is 5.41 Å². The summed E-state index contributed by atoms with van der Waals surface area (Å²) >= 11 is 4.92. The minimum absolute atomic E-state index is 0.104. The number of hydrogen-bond donors (Lipinski definition) is 0. The van der Waals surface area contributed by atoms with Gasteiger partial charge in [0, 0.05) is 17.9 Å². The molecule has 2 amide bonds. The highest BCUT2D eigenvalue weighted by Gasteiger charge is 2.78. The van der Waals surface area contributed by atoms with E-state index in [4.69, 9.17) is 4.74 Å². The van der Waals surface area contributed by atoms with Gasteiger partial charge in [-0.05, 0) is 37.6 Å². The van der Waals surface area contributed by atoms with Gasteiger partial charge >= 0.3 is 0 Å². The Bertz CT molecular complexity index is 902. The summed E-state index contributed by atoms with van der Waals surface area (Å²) in [5.41, 5.74) is -0.106. The zero-order valence-corrected chi connectivity index (χ0v) is 17.3. The minimum Gasteiger partial charge on any atom is -0.497 e. The number of nitrogens with zero attached hydrogens (tertiary/aromatic N) is 3. The number of benzene rings is 1. The number of fused-ring (bicyclic) bond motifs is 1. The van der Waals surface area contributed by atoms with Crippen LogP contribution in [-0.2, 0) is 9.59 Å². The van der Waals surface area contributed by atoms with Crippen LogP contribution < -0.4 is 4.74 Å². The fraction of sp³-hybridized carbons (Fsp3) is 0.500. The van der Waals surface area contributed by atoms with E-state index in [-0.39, 0.29) is 11.8 Å². The molecule has 1 spiro atoms. The highest BCUT2D eigenvalue weighted by Crippen LogP contribution is 2.69. The number of carbonyl (C=O) groups excluding carboxylic acids is 2. The van der Waals surface area contributed by atoms with E-state index in [0.717, 1.165) is 10.0 Å². The molecule has 6 nitrogen and oxygen atoms in total. The van der Waals surface area contributed by atoms with Gasteiger partial charge in [0.1, 0.15) is 5.75 Å². The smallest absolute Gasteiger partial charge is 0.261 e. The monoisotopic (exact) mass is 435 g/mol. The van der Waals surface area contributed by atoms with E-state index >= 15 is 0 Å². The molecule has 8 heteroatoms. The van der Waals surface area contributed by atoms with Crippen molar-refractivity contribution < 1.29 is 14.3 Å². The topological polar surface area (TPSA) is 73.6 Å². The molecule has 3 heterocycles. The Morgan fingerprint density at radius 1 is 1.35 bits per heavy atom. The lowest BCUT2D eigenvalue weighted by Gasteiger charge is -2.40. The molecule has 0 aromatic heterocycles. The number of carbonyl (C=O) groups is 2. The van der Waals surface area contributed by atoms with Gasteiger partial charge in [0.05, 0.1) is 24.6 Å². The molecule has 1 aromatic carbocycles. The third kappa shape index (κ3) is 1.83. The van der Waals surface area contributed by atoms with Crippen LogP contribution in [0.4, 0.5) is 0 Å². The van der Waals surface area contributed by atoms with Gasteiger partial charge in [-0.3, -0.25) is 9.59 Å². The molecule has 2 unspecified atom stereocenters. The zero-order chi connectivity index (χ0) is 19.1. The maximum Gasteiger partial charge on any atom is 0.261 e. The maximum atomic E-state index is 13.3. The summed E-state index contributed by atoms with van der Waals surface area (Å²) in [4.78, 5) is 27.7. The Morgan fingerprint density at radius 3 is 2.65 bits per heavy atom. The Labute approximate surface area is 164 Å². The van der Waals surface area contributed by atoms with Crippen molar-refractivity contribution in [1.29, 1.82) is 5.26 Å². The Morgan fingerprint density at radius 2 is 2.04 bits per heavy atom. The molecule has 1 aromatic rings.